The van der Waals surface area contributed by atoms with Gasteiger partial charge in [0.1, 0.15) is 5.82 Å². The van der Waals surface area contributed by atoms with Crippen molar-refractivity contribution in [2.75, 3.05) is 5.73 Å². The number of hydrogen-bond acceptors (Lipinski definition) is 2. The van der Waals surface area contributed by atoms with E-state index in [1.807, 2.05) is 32.0 Å². The molecular formula is C15H16FNOS. The number of rotatable bonds is 3. The van der Waals surface area contributed by atoms with Crippen molar-refractivity contribution in [1.29, 1.82) is 0 Å². The normalized spacial score (nSPS) is 12.4. The van der Waals surface area contributed by atoms with Crippen LogP contribution in [0, 0.1) is 19.7 Å². The topological polar surface area (TPSA) is 43.1 Å². The van der Waals surface area contributed by atoms with Crippen molar-refractivity contribution in [3.8, 4) is 0 Å². The Hall–Kier alpha value is -1.68. The Labute approximate surface area is 114 Å². The molecule has 2 aromatic carbocycles. The number of hydrogen-bond donors (Lipinski definition) is 1. The molecule has 0 aliphatic rings. The third-order valence-electron chi connectivity index (χ3n) is 3.13. The molecule has 2 aromatic rings. The molecule has 0 aliphatic carbocycles. The van der Waals surface area contributed by atoms with E-state index in [1.165, 1.54) is 18.2 Å². The molecule has 4 heteroatoms. The fourth-order valence-corrected chi connectivity index (χ4v) is 3.01. The first-order valence-electron chi connectivity index (χ1n) is 5.97. The Bertz CT molecular complexity index is 640. The van der Waals surface area contributed by atoms with E-state index in [4.69, 9.17) is 5.73 Å². The lowest BCUT2D eigenvalue weighted by Crippen LogP contribution is -2.01. The van der Waals surface area contributed by atoms with Crippen LogP contribution in [0.4, 0.5) is 10.1 Å². The standard InChI is InChI=1S/C15H16FNOS/c1-10-3-5-14(7-11(10)2)19(18)9-12-8-13(16)4-6-15(12)17/h3-8H,9,17H2,1-2H3. The summed E-state index contributed by atoms with van der Waals surface area (Å²) in [5.74, 6) is -0.132. The van der Waals surface area contributed by atoms with E-state index in [1.54, 1.807) is 0 Å². The van der Waals surface area contributed by atoms with Crippen LogP contribution in [0.5, 0.6) is 0 Å². The summed E-state index contributed by atoms with van der Waals surface area (Å²) >= 11 is 0. The highest BCUT2D eigenvalue weighted by atomic mass is 32.2. The van der Waals surface area contributed by atoms with Gasteiger partial charge >= 0.3 is 0 Å². The fraction of sp³-hybridized carbons (Fsp3) is 0.200. The molecule has 2 rings (SSSR count). The first kappa shape index (κ1) is 13.7. The summed E-state index contributed by atoms with van der Waals surface area (Å²) in [6, 6.07) is 9.83. The van der Waals surface area contributed by atoms with Gasteiger partial charge in [-0.3, -0.25) is 4.21 Å². The maximum Gasteiger partial charge on any atom is 0.123 e. The van der Waals surface area contributed by atoms with Gasteiger partial charge in [0.15, 0.2) is 0 Å². The highest BCUT2D eigenvalue weighted by Crippen LogP contribution is 2.20. The van der Waals surface area contributed by atoms with Crippen LogP contribution in [0.3, 0.4) is 0 Å². The SMILES string of the molecule is Cc1ccc(S(=O)Cc2cc(F)ccc2N)cc1C. The van der Waals surface area contributed by atoms with Crippen molar-refractivity contribution in [2.24, 2.45) is 0 Å². The van der Waals surface area contributed by atoms with Crippen LogP contribution in [0.1, 0.15) is 16.7 Å². The first-order chi connectivity index (χ1) is 8.97. The molecule has 0 radical (unpaired) electrons. The Morgan fingerprint density at radius 1 is 1.11 bits per heavy atom. The van der Waals surface area contributed by atoms with Crippen molar-refractivity contribution in [2.45, 2.75) is 24.5 Å². The lowest BCUT2D eigenvalue weighted by Gasteiger charge is -2.08. The van der Waals surface area contributed by atoms with Crippen LogP contribution in [-0.4, -0.2) is 4.21 Å². The summed E-state index contributed by atoms with van der Waals surface area (Å²) in [7, 11) is -1.22. The van der Waals surface area contributed by atoms with E-state index in [0.29, 0.717) is 11.3 Å². The molecule has 100 valence electrons. The lowest BCUT2D eigenvalue weighted by molar-refractivity contribution is 0.626. The van der Waals surface area contributed by atoms with Crippen LogP contribution in [-0.2, 0) is 16.6 Å². The molecule has 2 N–H and O–H groups in total. The Balaban J connectivity index is 2.25. The minimum atomic E-state index is -1.22. The Kier molecular flexibility index (Phi) is 4.00. The number of halogens is 1. The molecule has 0 saturated heterocycles. The molecule has 0 heterocycles. The second kappa shape index (κ2) is 5.53. The van der Waals surface area contributed by atoms with Crippen molar-refractivity contribution in [1.82, 2.24) is 0 Å². The minimum absolute atomic E-state index is 0.228. The van der Waals surface area contributed by atoms with Gasteiger partial charge in [-0.25, -0.2) is 4.39 Å². The molecule has 0 fully saturated rings. The van der Waals surface area contributed by atoms with E-state index in [-0.39, 0.29) is 11.6 Å². The summed E-state index contributed by atoms with van der Waals surface area (Å²) in [5, 5.41) is 0. The minimum Gasteiger partial charge on any atom is -0.398 e. The van der Waals surface area contributed by atoms with Gasteiger partial charge in [-0.15, -0.1) is 0 Å². The van der Waals surface area contributed by atoms with Crippen molar-refractivity contribution >= 4 is 16.5 Å². The highest BCUT2D eigenvalue weighted by molar-refractivity contribution is 7.84. The molecule has 19 heavy (non-hydrogen) atoms. The second-order valence-electron chi connectivity index (χ2n) is 4.58. The van der Waals surface area contributed by atoms with E-state index in [2.05, 4.69) is 0 Å². The maximum atomic E-state index is 13.2. The maximum absolute atomic E-state index is 13.2. The third kappa shape index (κ3) is 3.20. The second-order valence-corrected chi connectivity index (χ2v) is 6.03. The summed E-state index contributed by atoms with van der Waals surface area (Å²) in [6.45, 7) is 3.99. The van der Waals surface area contributed by atoms with E-state index in [0.717, 1.165) is 16.0 Å². The zero-order valence-electron chi connectivity index (χ0n) is 10.9. The van der Waals surface area contributed by atoms with E-state index < -0.39 is 10.8 Å². The van der Waals surface area contributed by atoms with Gasteiger partial charge < -0.3 is 5.73 Å². The monoisotopic (exact) mass is 277 g/mol. The van der Waals surface area contributed by atoms with Gasteiger partial charge in [0.05, 0.1) is 16.6 Å². The number of benzene rings is 2. The first-order valence-corrected chi connectivity index (χ1v) is 7.29. The zero-order chi connectivity index (χ0) is 14.0. The fourth-order valence-electron chi connectivity index (χ4n) is 1.78. The van der Waals surface area contributed by atoms with Crippen molar-refractivity contribution < 1.29 is 8.60 Å². The van der Waals surface area contributed by atoms with Crippen LogP contribution in [0.15, 0.2) is 41.3 Å². The molecule has 0 amide bonds. The molecule has 0 spiro atoms. The summed E-state index contributed by atoms with van der Waals surface area (Å²) in [4.78, 5) is 0.742. The van der Waals surface area contributed by atoms with Gasteiger partial charge in [-0.05, 0) is 60.9 Å². The Morgan fingerprint density at radius 2 is 1.84 bits per heavy atom. The van der Waals surface area contributed by atoms with E-state index in [9.17, 15) is 8.60 Å². The molecule has 2 nitrogen and oxygen atoms in total. The summed E-state index contributed by atoms with van der Waals surface area (Å²) < 4.78 is 25.4. The van der Waals surface area contributed by atoms with Gasteiger partial charge in [-0.2, -0.15) is 0 Å². The third-order valence-corrected chi connectivity index (χ3v) is 4.49. The molecule has 0 aliphatic heterocycles. The van der Waals surface area contributed by atoms with E-state index >= 15 is 0 Å². The highest BCUT2D eigenvalue weighted by Gasteiger charge is 2.09. The number of aryl methyl sites for hydroxylation is 2. The van der Waals surface area contributed by atoms with Crippen LogP contribution in [0.2, 0.25) is 0 Å². The van der Waals surface area contributed by atoms with Crippen molar-refractivity contribution in [3.05, 3.63) is 58.9 Å². The molecule has 1 unspecified atom stereocenters. The summed E-state index contributed by atoms with van der Waals surface area (Å²) in [5.41, 5.74) is 9.07. The molecule has 0 bridgehead atoms. The largest absolute Gasteiger partial charge is 0.398 e. The molecule has 0 aromatic heterocycles. The molecule has 0 saturated carbocycles. The lowest BCUT2D eigenvalue weighted by atomic mass is 10.1. The van der Waals surface area contributed by atoms with Gasteiger partial charge in [-0.1, -0.05) is 6.07 Å². The average Bonchev–Trinajstić information content (AvgIpc) is 2.37. The Morgan fingerprint density at radius 3 is 2.53 bits per heavy atom. The zero-order valence-corrected chi connectivity index (χ0v) is 11.8. The quantitative estimate of drug-likeness (QED) is 0.874. The van der Waals surface area contributed by atoms with Gasteiger partial charge in [0.25, 0.3) is 0 Å². The summed E-state index contributed by atoms with van der Waals surface area (Å²) in [6.07, 6.45) is 0. The predicted molar refractivity (Wildman–Crippen MR) is 76.8 cm³/mol. The van der Waals surface area contributed by atoms with Crippen molar-refractivity contribution in [3.63, 3.8) is 0 Å². The number of nitrogens with two attached hydrogens (primary N) is 1. The van der Waals surface area contributed by atoms with Crippen LogP contribution < -0.4 is 5.73 Å². The average molecular weight is 277 g/mol. The van der Waals surface area contributed by atoms with Crippen LogP contribution >= 0.6 is 0 Å². The number of nitrogen functional groups attached to an aromatic ring is 1. The number of anilines is 1. The molecular weight excluding hydrogens is 261 g/mol. The van der Waals surface area contributed by atoms with Gasteiger partial charge in [0.2, 0.25) is 0 Å². The van der Waals surface area contributed by atoms with Crippen LogP contribution in [0.25, 0.3) is 0 Å². The van der Waals surface area contributed by atoms with Gasteiger partial charge in [0, 0.05) is 10.6 Å². The molecule has 1 atom stereocenters. The smallest absolute Gasteiger partial charge is 0.123 e. The predicted octanol–water partition coefficient (Wildman–Crippen LogP) is 3.33.